The van der Waals surface area contributed by atoms with Crippen molar-refractivity contribution < 1.29 is 4.79 Å². The highest BCUT2D eigenvalue weighted by Gasteiger charge is 2.18. The number of carbonyl (C=O) groups is 1. The summed E-state index contributed by atoms with van der Waals surface area (Å²) in [6.45, 7) is 0. The molecule has 7 nitrogen and oxygen atoms in total. The van der Waals surface area contributed by atoms with E-state index in [1.54, 1.807) is 25.2 Å². The van der Waals surface area contributed by atoms with Crippen molar-refractivity contribution >= 4 is 22.8 Å². The third-order valence-corrected chi connectivity index (χ3v) is 5.05. The fraction of sp³-hybridized carbons (Fsp3) is 0.389. The molecule has 3 N–H and O–H groups in total. The zero-order valence-corrected chi connectivity index (χ0v) is 14.1. The Balaban J connectivity index is 1.52. The molecule has 0 bridgehead atoms. The van der Waals surface area contributed by atoms with Crippen LogP contribution in [-0.4, -0.2) is 25.7 Å². The number of nitrogens with one attached hydrogen (secondary N) is 3. The number of amides is 1. The van der Waals surface area contributed by atoms with Crippen molar-refractivity contribution in [3.8, 4) is 0 Å². The van der Waals surface area contributed by atoms with E-state index in [-0.39, 0.29) is 11.6 Å². The zero-order chi connectivity index (χ0) is 17.4. The molecule has 0 atom stereocenters. The van der Waals surface area contributed by atoms with Gasteiger partial charge in [-0.05, 0) is 31.0 Å². The topological polar surface area (TPSA) is 95.6 Å². The Hall–Kier alpha value is -2.83. The summed E-state index contributed by atoms with van der Waals surface area (Å²) >= 11 is 0. The zero-order valence-electron chi connectivity index (χ0n) is 14.1. The minimum atomic E-state index is -0.242. The van der Waals surface area contributed by atoms with Gasteiger partial charge in [-0.2, -0.15) is 5.10 Å². The first kappa shape index (κ1) is 15.7. The lowest BCUT2D eigenvalue weighted by Gasteiger charge is -2.19. The quantitative estimate of drug-likeness (QED) is 0.684. The number of fused-ring (bicyclic) bond motifs is 1. The highest BCUT2D eigenvalue weighted by molar-refractivity contribution is 6.05. The van der Waals surface area contributed by atoms with Crippen LogP contribution in [0.5, 0.6) is 0 Å². The van der Waals surface area contributed by atoms with E-state index in [1.807, 2.05) is 6.07 Å². The number of aromatic nitrogens is 4. The van der Waals surface area contributed by atoms with Gasteiger partial charge in [0.15, 0.2) is 5.82 Å². The van der Waals surface area contributed by atoms with Crippen LogP contribution >= 0.6 is 0 Å². The highest BCUT2D eigenvalue weighted by atomic mass is 16.2. The summed E-state index contributed by atoms with van der Waals surface area (Å²) in [6.07, 6.45) is 6.15. The summed E-state index contributed by atoms with van der Waals surface area (Å²) in [4.78, 5) is 26.9. The maximum Gasteiger partial charge on any atom is 0.326 e. The molecule has 0 aliphatic heterocycles. The Bertz CT molecular complexity index is 975. The van der Waals surface area contributed by atoms with Crippen LogP contribution in [0, 0.1) is 0 Å². The molecule has 1 aliphatic rings. The third-order valence-electron chi connectivity index (χ3n) is 5.05. The van der Waals surface area contributed by atoms with E-state index >= 15 is 0 Å². The second-order valence-electron chi connectivity index (χ2n) is 6.72. The SMILES string of the molecule is Cn1c(=O)[nH]c2cc(C(=O)Nc3cc(C4CCCCC4)[nH]n3)ccc21. The number of hydrogen-bond donors (Lipinski definition) is 3. The summed E-state index contributed by atoms with van der Waals surface area (Å²) in [5.41, 5.74) is 2.79. The molecule has 130 valence electrons. The normalized spacial score (nSPS) is 15.6. The molecular weight excluding hydrogens is 318 g/mol. The van der Waals surface area contributed by atoms with E-state index < -0.39 is 0 Å². The van der Waals surface area contributed by atoms with Gasteiger partial charge in [0.05, 0.1) is 11.0 Å². The minimum absolute atomic E-state index is 0.197. The number of anilines is 1. The van der Waals surface area contributed by atoms with Crippen LogP contribution < -0.4 is 11.0 Å². The van der Waals surface area contributed by atoms with Crippen LogP contribution in [0.4, 0.5) is 5.82 Å². The molecule has 3 aromatic rings. The number of carbonyl (C=O) groups excluding carboxylic acids is 1. The molecule has 7 heteroatoms. The molecule has 0 spiro atoms. The van der Waals surface area contributed by atoms with Gasteiger partial charge < -0.3 is 10.3 Å². The lowest BCUT2D eigenvalue weighted by Crippen LogP contribution is -2.12. The van der Waals surface area contributed by atoms with Crippen LogP contribution in [0.1, 0.15) is 54.1 Å². The van der Waals surface area contributed by atoms with Crippen molar-refractivity contribution in [3.63, 3.8) is 0 Å². The van der Waals surface area contributed by atoms with E-state index in [2.05, 4.69) is 20.5 Å². The number of hydrogen-bond acceptors (Lipinski definition) is 3. The predicted molar refractivity (Wildman–Crippen MR) is 95.9 cm³/mol. The first-order valence-electron chi connectivity index (χ1n) is 8.67. The summed E-state index contributed by atoms with van der Waals surface area (Å²) in [5, 5.41) is 10.1. The Labute approximate surface area is 144 Å². The van der Waals surface area contributed by atoms with E-state index in [4.69, 9.17) is 0 Å². The van der Waals surface area contributed by atoms with Gasteiger partial charge in [0.25, 0.3) is 5.91 Å². The second kappa shape index (κ2) is 6.23. The molecule has 1 amide bonds. The van der Waals surface area contributed by atoms with Crippen LogP contribution in [0.3, 0.4) is 0 Å². The molecule has 1 aromatic carbocycles. The molecule has 1 saturated carbocycles. The van der Waals surface area contributed by atoms with Crippen molar-refractivity contribution in [2.75, 3.05) is 5.32 Å². The van der Waals surface area contributed by atoms with Gasteiger partial charge in [-0.15, -0.1) is 0 Å². The van der Waals surface area contributed by atoms with Crippen LogP contribution in [0.2, 0.25) is 0 Å². The molecule has 1 fully saturated rings. The maximum atomic E-state index is 12.5. The monoisotopic (exact) mass is 339 g/mol. The van der Waals surface area contributed by atoms with Gasteiger partial charge >= 0.3 is 5.69 Å². The Kier molecular flexibility index (Phi) is 3.91. The fourth-order valence-electron chi connectivity index (χ4n) is 3.59. The molecule has 0 unspecified atom stereocenters. The molecular formula is C18H21N5O2. The predicted octanol–water partition coefficient (Wildman–Crippen LogP) is 2.89. The molecule has 0 radical (unpaired) electrons. The lowest BCUT2D eigenvalue weighted by atomic mass is 9.87. The Morgan fingerprint density at radius 2 is 2.04 bits per heavy atom. The van der Waals surface area contributed by atoms with E-state index in [0.29, 0.717) is 22.8 Å². The maximum absolute atomic E-state index is 12.5. The first-order chi connectivity index (χ1) is 12.1. The van der Waals surface area contributed by atoms with Gasteiger partial charge in [0.1, 0.15) is 0 Å². The summed E-state index contributed by atoms with van der Waals surface area (Å²) in [5.74, 6) is 0.804. The number of benzene rings is 1. The Morgan fingerprint density at radius 3 is 2.84 bits per heavy atom. The van der Waals surface area contributed by atoms with Crippen molar-refractivity contribution in [2.24, 2.45) is 7.05 Å². The van der Waals surface area contributed by atoms with Crippen LogP contribution in [0.15, 0.2) is 29.1 Å². The van der Waals surface area contributed by atoms with Gasteiger partial charge in [-0.3, -0.25) is 14.5 Å². The largest absolute Gasteiger partial charge is 0.326 e. The van der Waals surface area contributed by atoms with Crippen LogP contribution in [-0.2, 0) is 7.05 Å². The van der Waals surface area contributed by atoms with Crippen LogP contribution in [0.25, 0.3) is 11.0 Å². The average molecular weight is 339 g/mol. The number of rotatable bonds is 3. The molecule has 0 saturated heterocycles. The lowest BCUT2D eigenvalue weighted by molar-refractivity contribution is 0.102. The van der Waals surface area contributed by atoms with Gasteiger partial charge in [-0.1, -0.05) is 19.3 Å². The molecule has 4 rings (SSSR count). The van der Waals surface area contributed by atoms with Crippen molar-refractivity contribution in [2.45, 2.75) is 38.0 Å². The standard InChI is InChI=1S/C18H21N5O2/c1-23-15-8-7-12(9-14(15)19-18(23)25)17(24)20-16-10-13(21-22-16)11-5-3-2-4-6-11/h7-11H,2-6H2,1H3,(H,19,25)(H2,20,21,22,24). The van der Waals surface area contributed by atoms with E-state index in [1.165, 1.54) is 36.7 Å². The molecule has 2 heterocycles. The average Bonchev–Trinajstić information content (AvgIpc) is 3.20. The third kappa shape index (κ3) is 2.97. The number of aromatic amines is 2. The number of imidazole rings is 1. The molecule has 25 heavy (non-hydrogen) atoms. The first-order valence-corrected chi connectivity index (χ1v) is 8.67. The Morgan fingerprint density at radius 1 is 1.24 bits per heavy atom. The number of H-pyrrole nitrogens is 2. The number of aryl methyl sites for hydroxylation is 1. The minimum Gasteiger partial charge on any atom is -0.306 e. The summed E-state index contributed by atoms with van der Waals surface area (Å²) in [7, 11) is 1.69. The summed E-state index contributed by atoms with van der Waals surface area (Å²) < 4.78 is 1.52. The molecule has 2 aromatic heterocycles. The van der Waals surface area contributed by atoms with Gasteiger partial charge in [0, 0.05) is 30.3 Å². The van der Waals surface area contributed by atoms with Crippen molar-refractivity contribution in [1.82, 2.24) is 19.7 Å². The van der Waals surface area contributed by atoms with Gasteiger partial charge in [0.2, 0.25) is 0 Å². The van der Waals surface area contributed by atoms with E-state index in [0.717, 1.165) is 11.2 Å². The fourth-order valence-corrected chi connectivity index (χ4v) is 3.59. The highest BCUT2D eigenvalue weighted by Crippen LogP contribution is 2.32. The second-order valence-corrected chi connectivity index (χ2v) is 6.72. The smallest absolute Gasteiger partial charge is 0.306 e. The van der Waals surface area contributed by atoms with Crippen molar-refractivity contribution in [3.05, 3.63) is 46.0 Å². The summed E-state index contributed by atoms with van der Waals surface area (Å²) in [6, 6.07) is 7.08. The molecule has 1 aliphatic carbocycles. The van der Waals surface area contributed by atoms with Crippen molar-refractivity contribution in [1.29, 1.82) is 0 Å². The van der Waals surface area contributed by atoms with E-state index in [9.17, 15) is 9.59 Å². The van der Waals surface area contributed by atoms with Gasteiger partial charge in [-0.25, -0.2) is 4.79 Å². The number of nitrogens with zero attached hydrogens (tertiary/aromatic N) is 2.